The Morgan fingerprint density at radius 3 is 2.68 bits per heavy atom. The normalized spacial score (nSPS) is 16.2. The van der Waals surface area contributed by atoms with Gasteiger partial charge in [-0.25, -0.2) is 8.42 Å². The lowest BCUT2D eigenvalue weighted by atomic mass is 10.2. The molecule has 1 fully saturated rings. The van der Waals surface area contributed by atoms with Gasteiger partial charge in [0, 0.05) is 24.7 Å². The summed E-state index contributed by atoms with van der Waals surface area (Å²) in [5.41, 5.74) is 0.833. The number of hydrogen-bond acceptors (Lipinski definition) is 7. The Hall–Kier alpha value is -2.53. The van der Waals surface area contributed by atoms with E-state index in [0.717, 1.165) is 5.56 Å². The van der Waals surface area contributed by atoms with Crippen LogP contribution in [-0.4, -0.2) is 58.3 Å². The van der Waals surface area contributed by atoms with Crippen LogP contribution in [0.1, 0.15) is 5.56 Å². The molecule has 0 aliphatic carbocycles. The molecule has 0 saturated carbocycles. The third-order valence-corrected chi connectivity index (χ3v) is 6.93. The summed E-state index contributed by atoms with van der Waals surface area (Å²) in [4.78, 5) is 12.2. The monoisotopic (exact) mass is 468 g/mol. The minimum absolute atomic E-state index is 0.0640. The third kappa shape index (κ3) is 5.04. The number of hydrogen-bond donors (Lipinski definition) is 1. The Kier molecular flexibility index (Phi) is 6.51. The van der Waals surface area contributed by atoms with Crippen molar-refractivity contribution in [2.75, 3.05) is 39.7 Å². The molecule has 0 aromatic heterocycles. The number of rotatable bonds is 7. The molecule has 0 bridgehead atoms. The van der Waals surface area contributed by atoms with Gasteiger partial charge in [0.15, 0.2) is 18.1 Å². The van der Waals surface area contributed by atoms with Crippen LogP contribution in [-0.2, 0) is 26.1 Å². The number of ether oxygens (including phenoxy) is 4. The first kappa shape index (κ1) is 21.7. The second-order valence-electron chi connectivity index (χ2n) is 6.86. The molecule has 166 valence electrons. The van der Waals surface area contributed by atoms with E-state index in [-0.39, 0.29) is 48.7 Å². The van der Waals surface area contributed by atoms with Crippen LogP contribution < -0.4 is 19.5 Å². The molecule has 2 aromatic carbocycles. The summed E-state index contributed by atoms with van der Waals surface area (Å²) < 4.78 is 48.7. The van der Waals surface area contributed by atoms with Gasteiger partial charge in [-0.05, 0) is 35.9 Å². The van der Waals surface area contributed by atoms with Crippen LogP contribution in [0.25, 0.3) is 0 Å². The molecule has 9 nitrogen and oxygen atoms in total. The maximum absolute atomic E-state index is 13.0. The number of amides is 1. The van der Waals surface area contributed by atoms with Gasteiger partial charge in [0.1, 0.15) is 10.6 Å². The molecule has 31 heavy (non-hydrogen) atoms. The number of morpholine rings is 1. The molecule has 0 spiro atoms. The highest BCUT2D eigenvalue weighted by atomic mass is 35.5. The van der Waals surface area contributed by atoms with E-state index >= 15 is 0 Å². The highest BCUT2D eigenvalue weighted by Crippen LogP contribution is 2.32. The minimum atomic E-state index is -3.84. The number of benzene rings is 2. The van der Waals surface area contributed by atoms with Crippen molar-refractivity contribution in [3.8, 4) is 17.2 Å². The fourth-order valence-electron chi connectivity index (χ4n) is 3.17. The lowest BCUT2D eigenvalue weighted by molar-refractivity contribution is -0.123. The molecule has 0 unspecified atom stereocenters. The molecule has 0 atom stereocenters. The van der Waals surface area contributed by atoms with Crippen LogP contribution in [0.4, 0.5) is 0 Å². The van der Waals surface area contributed by atoms with Crippen molar-refractivity contribution >= 4 is 27.5 Å². The summed E-state index contributed by atoms with van der Waals surface area (Å²) in [7, 11) is -3.84. The highest BCUT2D eigenvalue weighted by molar-refractivity contribution is 7.89. The van der Waals surface area contributed by atoms with Crippen LogP contribution in [0.5, 0.6) is 17.2 Å². The fourth-order valence-corrected chi connectivity index (χ4v) is 4.98. The van der Waals surface area contributed by atoms with Gasteiger partial charge in [-0.1, -0.05) is 17.7 Å². The quantitative estimate of drug-likeness (QED) is 0.660. The summed E-state index contributed by atoms with van der Waals surface area (Å²) in [5.74, 6) is 0.953. The van der Waals surface area contributed by atoms with Gasteiger partial charge in [0.25, 0.3) is 5.91 Å². The van der Waals surface area contributed by atoms with Crippen LogP contribution in [0.3, 0.4) is 0 Å². The Bertz CT molecular complexity index is 1070. The zero-order valence-corrected chi connectivity index (χ0v) is 18.1. The molecule has 4 rings (SSSR count). The largest absolute Gasteiger partial charge is 0.482 e. The predicted octanol–water partition coefficient (Wildman–Crippen LogP) is 1.78. The van der Waals surface area contributed by atoms with Crippen molar-refractivity contribution in [2.24, 2.45) is 0 Å². The number of halogens is 1. The van der Waals surface area contributed by atoms with Gasteiger partial charge < -0.3 is 24.3 Å². The Balaban J connectivity index is 1.39. The van der Waals surface area contributed by atoms with Crippen molar-refractivity contribution in [3.63, 3.8) is 0 Å². The van der Waals surface area contributed by atoms with Gasteiger partial charge in [-0.15, -0.1) is 0 Å². The van der Waals surface area contributed by atoms with E-state index in [1.165, 1.54) is 22.5 Å². The molecule has 1 N–H and O–H groups in total. The molecule has 2 aliphatic heterocycles. The minimum Gasteiger partial charge on any atom is -0.482 e. The topological polar surface area (TPSA) is 103 Å². The number of carbonyl (C=O) groups excluding carboxylic acids is 1. The number of nitrogens with one attached hydrogen (secondary N) is 1. The lowest BCUT2D eigenvalue weighted by Gasteiger charge is -2.26. The molecular weight excluding hydrogens is 448 g/mol. The molecule has 1 amide bonds. The van der Waals surface area contributed by atoms with Crippen molar-refractivity contribution in [3.05, 3.63) is 47.0 Å². The van der Waals surface area contributed by atoms with E-state index < -0.39 is 15.9 Å². The van der Waals surface area contributed by atoms with E-state index in [1.54, 1.807) is 12.1 Å². The molecule has 2 heterocycles. The summed E-state index contributed by atoms with van der Waals surface area (Å²) in [6.45, 7) is 1.21. The van der Waals surface area contributed by atoms with E-state index in [1.807, 2.05) is 6.07 Å². The van der Waals surface area contributed by atoms with Gasteiger partial charge in [0.2, 0.25) is 16.8 Å². The molecule has 2 aliphatic rings. The third-order valence-electron chi connectivity index (χ3n) is 4.78. The number of sulfonamides is 1. The number of fused-ring (bicyclic) bond motifs is 1. The Labute approximate surface area is 184 Å². The number of carbonyl (C=O) groups is 1. The average Bonchev–Trinajstić information content (AvgIpc) is 3.25. The summed E-state index contributed by atoms with van der Waals surface area (Å²) in [6.07, 6.45) is 0. The van der Waals surface area contributed by atoms with E-state index in [0.29, 0.717) is 24.7 Å². The molecule has 1 saturated heterocycles. The Morgan fingerprint density at radius 1 is 1.10 bits per heavy atom. The lowest BCUT2D eigenvalue weighted by Crippen LogP contribution is -2.40. The first-order valence-corrected chi connectivity index (χ1v) is 11.4. The molecule has 0 radical (unpaired) electrons. The molecular formula is C20H21ClN2O7S. The maximum atomic E-state index is 13.0. The maximum Gasteiger partial charge on any atom is 0.258 e. The van der Waals surface area contributed by atoms with Crippen molar-refractivity contribution in [2.45, 2.75) is 11.4 Å². The van der Waals surface area contributed by atoms with Gasteiger partial charge >= 0.3 is 0 Å². The van der Waals surface area contributed by atoms with Gasteiger partial charge in [-0.2, -0.15) is 4.31 Å². The molecule has 2 aromatic rings. The summed E-state index contributed by atoms with van der Waals surface area (Å²) in [6, 6.07) is 9.67. The smallest absolute Gasteiger partial charge is 0.258 e. The Morgan fingerprint density at radius 2 is 1.87 bits per heavy atom. The SMILES string of the molecule is O=C(COc1ccc(Cl)cc1S(=O)(=O)N1CCOCC1)NCc1ccc2c(c1)OCO2. The zero-order chi connectivity index (χ0) is 21.8. The first-order chi connectivity index (χ1) is 14.9. The van der Waals surface area contributed by atoms with Crippen molar-refractivity contribution in [1.29, 1.82) is 0 Å². The second kappa shape index (κ2) is 9.31. The zero-order valence-electron chi connectivity index (χ0n) is 16.5. The number of nitrogens with zero attached hydrogens (tertiary/aromatic N) is 1. The first-order valence-electron chi connectivity index (χ1n) is 9.59. The average molecular weight is 469 g/mol. The summed E-state index contributed by atoms with van der Waals surface area (Å²) >= 11 is 6.02. The van der Waals surface area contributed by atoms with Crippen molar-refractivity contribution in [1.82, 2.24) is 9.62 Å². The van der Waals surface area contributed by atoms with E-state index in [2.05, 4.69) is 5.32 Å². The highest BCUT2D eigenvalue weighted by Gasteiger charge is 2.29. The van der Waals surface area contributed by atoms with Crippen LogP contribution in [0.15, 0.2) is 41.3 Å². The molecule has 11 heteroatoms. The van der Waals surface area contributed by atoms with Gasteiger partial charge in [0.05, 0.1) is 13.2 Å². The standard InChI is InChI=1S/C20H21ClN2O7S/c21-15-2-4-17(19(10-15)31(25,26)23-5-7-27-8-6-23)28-12-20(24)22-11-14-1-3-16-18(9-14)30-13-29-16/h1-4,9-10H,5-8,11-13H2,(H,22,24). The van der Waals surface area contributed by atoms with E-state index in [4.69, 9.17) is 30.5 Å². The summed E-state index contributed by atoms with van der Waals surface area (Å²) in [5, 5.41) is 2.99. The van der Waals surface area contributed by atoms with Crippen molar-refractivity contribution < 1.29 is 32.2 Å². The fraction of sp³-hybridized carbons (Fsp3) is 0.350. The van der Waals surface area contributed by atoms with Gasteiger partial charge in [-0.3, -0.25) is 4.79 Å². The van der Waals surface area contributed by atoms with E-state index in [9.17, 15) is 13.2 Å². The van der Waals surface area contributed by atoms with Crippen LogP contribution in [0.2, 0.25) is 5.02 Å². The van der Waals surface area contributed by atoms with Crippen LogP contribution >= 0.6 is 11.6 Å². The second-order valence-corrected chi connectivity index (χ2v) is 9.20. The predicted molar refractivity (Wildman–Crippen MR) is 111 cm³/mol. The van der Waals surface area contributed by atoms with Crippen LogP contribution in [0, 0.1) is 0 Å².